The Labute approximate surface area is 123 Å². The zero-order valence-electron chi connectivity index (χ0n) is 10.2. The van der Waals surface area contributed by atoms with Crippen molar-refractivity contribution >= 4 is 27.3 Å². The molecule has 3 aromatic rings. The maximum atomic E-state index is 4.63. The van der Waals surface area contributed by atoms with Gasteiger partial charge >= 0.3 is 0 Å². The first-order chi connectivity index (χ1) is 9.22. The highest BCUT2D eigenvalue weighted by atomic mass is 79.9. The maximum Gasteiger partial charge on any atom is 0.142 e. The van der Waals surface area contributed by atoms with Crippen molar-refractivity contribution in [2.45, 2.75) is 6.92 Å². The number of aromatic nitrogens is 3. The minimum atomic E-state index is 0.762. The molecule has 1 aromatic carbocycles. The topological polar surface area (TPSA) is 38.7 Å². The predicted molar refractivity (Wildman–Crippen MR) is 81.0 cm³/mol. The number of hydrogen-bond acceptors (Lipinski definition) is 4. The Morgan fingerprint density at radius 2 is 1.79 bits per heavy atom. The van der Waals surface area contributed by atoms with E-state index in [1.807, 2.05) is 37.3 Å². The van der Waals surface area contributed by atoms with E-state index in [4.69, 9.17) is 0 Å². The van der Waals surface area contributed by atoms with Crippen LogP contribution in [0.15, 0.2) is 46.4 Å². The summed E-state index contributed by atoms with van der Waals surface area (Å²) >= 11 is 5.03. The van der Waals surface area contributed by atoms with Gasteiger partial charge in [0.1, 0.15) is 16.5 Å². The summed E-state index contributed by atoms with van der Waals surface area (Å²) in [7, 11) is 0. The van der Waals surface area contributed by atoms with Gasteiger partial charge in [0.15, 0.2) is 0 Å². The minimum absolute atomic E-state index is 0.762. The van der Waals surface area contributed by atoms with Crippen LogP contribution in [0.5, 0.6) is 0 Å². The highest BCUT2D eigenvalue weighted by Gasteiger charge is 2.08. The first-order valence-electron chi connectivity index (χ1n) is 5.74. The van der Waals surface area contributed by atoms with E-state index >= 15 is 0 Å². The highest BCUT2D eigenvalue weighted by Crippen LogP contribution is 2.28. The Morgan fingerprint density at radius 3 is 2.53 bits per heavy atom. The summed E-state index contributed by atoms with van der Waals surface area (Å²) in [6.07, 6.45) is 1.76. The third-order valence-corrected chi connectivity index (χ3v) is 4.03. The first kappa shape index (κ1) is 12.4. The van der Waals surface area contributed by atoms with Gasteiger partial charge in [-0.25, -0.2) is 15.0 Å². The molecular weight excluding hydrogens is 322 g/mol. The Morgan fingerprint density at radius 1 is 1.00 bits per heavy atom. The summed E-state index contributed by atoms with van der Waals surface area (Å²) in [5.74, 6) is 0.762. The van der Waals surface area contributed by atoms with E-state index in [0.717, 1.165) is 32.3 Å². The molecule has 0 radical (unpaired) electrons. The van der Waals surface area contributed by atoms with Crippen LogP contribution in [0.2, 0.25) is 0 Å². The van der Waals surface area contributed by atoms with Crippen LogP contribution in [0.3, 0.4) is 0 Å². The second-order valence-corrected chi connectivity index (χ2v) is 5.81. The van der Waals surface area contributed by atoms with Gasteiger partial charge in [-0.15, -0.1) is 11.3 Å². The third kappa shape index (κ3) is 2.72. The van der Waals surface area contributed by atoms with E-state index in [1.54, 1.807) is 17.5 Å². The van der Waals surface area contributed by atoms with E-state index in [1.165, 1.54) is 0 Å². The van der Waals surface area contributed by atoms with Crippen molar-refractivity contribution in [2.75, 3.05) is 0 Å². The lowest BCUT2D eigenvalue weighted by Gasteiger charge is -1.97. The molecule has 3 nitrogen and oxygen atoms in total. The molecule has 0 saturated carbocycles. The number of nitrogens with zero attached hydrogens (tertiary/aromatic N) is 3. The predicted octanol–water partition coefficient (Wildman–Crippen LogP) is 4.34. The normalized spacial score (nSPS) is 10.6. The van der Waals surface area contributed by atoms with Crippen LogP contribution < -0.4 is 0 Å². The fourth-order valence-corrected chi connectivity index (χ4v) is 2.78. The number of hydrogen-bond donors (Lipinski definition) is 0. The van der Waals surface area contributed by atoms with Crippen molar-refractivity contribution in [3.05, 3.63) is 52.2 Å². The van der Waals surface area contributed by atoms with Gasteiger partial charge < -0.3 is 0 Å². The monoisotopic (exact) mass is 331 g/mol. The van der Waals surface area contributed by atoms with E-state index in [2.05, 4.69) is 36.3 Å². The molecule has 3 rings (SSSR count). The van der Waals surface area contributed by atoms with Crippen molar-refractivity contribution in [3.8, 4) is 22.0 Å². The van der Waals surface area contributed by atoms with Crippen LogP contribution >= 0.6 is 27.3 Å². The molecule has 0 aliphatic rings. The number of thiazole rings is 1. The van der Waals surface area contributed by atoms with Gasteiger partial charge in [0.2, 0.25) is 0 Å². The highest BCUT2D eigenvalue weighted by molar-refractivity contribution is 9.10. The molecule has 0 unspecified atom stereocenters. The zero-order valence-corrected chi connectivity index (χ0v) is 12.6. The van der Waals surface area contributed by atoms with Crippen LogP contribution in [-0.4, -0.2) is 15.0 Å². The third-order valence-electron chi connectivity index (χ3n) is 2.64. The molecule has 0 atom stereocenters. The average Bonchev–Trinajstić information content (AvgIpc) is 2.89. The Hall–Kier alpha value is -1.59. The second-order valence-electron chi connectivity index (χ2n) is 4.03. The first-order valence-corrected chi connectivity index (χ1v) is 7.41. The SMILES string of the molecule is Cc1nccc(-c2nc(-c3ccc(Br)cc3)cs2)n1. The lowest BCUT2D eigenvalue weighted by atomic mass is 10.2. The number of benzene rings is 1. The van der Waals surface area contributed by atoms with E-state index < -0.39 is 0 Å². The standard InChI is InChI=1S/C14H10BrN3S/c1-9-16-7-6-12(17-9)14-18-13(8-19-14)10-2-4-11(15)5-3-10/h2-8H,1H3. The molecule has 19 heavy (non-hydrogen) atoms. The molecule has 0 aliphatic heterocycles. The van der Waals surface area contributed by atoms with Crippen molar-refractivity contribution < 1.29 is 0 Å². The van der Waals surface area contributed by atoms with Crippen molar-refractivity contribution in [1.29, 1.82) is 0 Å². The smallest absolute Gasteiger partial charge is 0.142 e. The summed E-state index contributed by atoms with van der Waals surface area (Å²) in [5, 5.41) is 2.97. The molecule has 5 heteroatoms. The molecule has 2 aromatic heterocycles. The maximum absolute atomic E-state index is 4.63. The van der Waals surface area contributed by atoms with Gasteiger partial charge in [-0.05, 0) is 25.1 Å². The number of halogens is 1. The van der Waals surface area contributed by atoms with Crippen LogP contribution in [-0.2, 0) is 0 Å². The molecule has 2 heterocycles. The largest absolute Gasteiger partial charge is 0.242 e. The zero-order chi connectivity index (χ0) is 13.2. The van der Waals surface area contributed by atoms with Crippen LogP contribution in [0.25, 0.3) is 22.0 Å². The molecule has 0 N–H and O–H groups in total. The summed E-state index contributed by atoms with van der Waals surface area (Å²) in [4.78, 5) is 13.1. The van der Waals surface area contributed by atoms with Crippen LogP contribution in [0.1, 0.15) is 5.82 Å². The van der Waals surface area contributed by atoms with E-state index in [0.29, 0.717) is 0 Å². The Balaban J connectivity index is 1.97. The van der Waals surface area contributed by atoms with E-state index in [-0.39, 0.29) is 0 Å². The van der Waals surface area contributed by atoms with Gasteiger partial charge in [-0.1, -0.05) is 28.1 Å². The van der Waals surface area contributed by atoms with Gasteiger partial charge in [-0.2, -0.15) is 0 Å². The Kier molecular flexibility index (Phi) is 3.40. The van der Waals surface area contributed by atoms with E-state index in [9.17, 15) is 0 Å². The average molecular weight is 332 g/mol. The quantitative estimate of drug-likeness (QED) is 0.701. The minimum Gasteiger partial charge on any atom is -0.242 e. The fraction of sp³-hybridized carbons (Fsp3) is 0.0714. The lowest BCUT2D eigenvalue weighted by molar-refractivity contribution is 1.06. The van der Waals surface area contributed by atoms with Gasteiger partial charge in [0.05, 0.1) is 5.69 Å². The van der Waals surface area contributed by atoms with Crippen molar-refractivity contribution in [3.63, 3.8) is 0 Å². The second kappa shape index (κ2) is 5.19. The van der Waals surface area contributed by atoms with Crippen LogP contribution in [0, 0.1) is 6.92 Å². The lowest BCUT2D eigenvalue weighted by Crippen LogP contribution is -1.89. The number of rotatable bonds is 2. The summed E-state index contributed by atoms with van der Waals surface area (Å²) in [6, 6.07) is 10.0. The van der Waals surface area contributed by atoms with Crippen LogP contribution in [0.4, 0.5) is 0 Å². The number of aryl methyl sites for hydroxylation is 1. The summed E-state index contributed by atoms with van der Waals surface area (Å²) in [5.41, 5.74) is 2.96. The van der Waals surface area contributed by atoms with Gasteiger partial charge in [0.25, 0.3) is 0 Å². The van der Waals surface area contributed by atoms with Crippen molar-refractivity contribution in [2.24, 2.45) is 0 Å². The molecular formula is C14H10BrN3S. The molecule has 0 amide bonds. The van der Waals surface area contributed by atoms with Gasteiger partial charge in [0, 0.05) is 21.6 Å². The fourth-order valence-electron chi connectivity index (χ4n) is 1.72. The van der Waals surface area contributed by atoms with Gasteiger partial charge in [-0.3, -0.25) is 0 Å². The Bertz CT molecular complexity index is 707. The summed E-state index contributed by atoms with van der Waals surface area (Å²) < 4.78 is 1.07. The molecule has 0 spiro atoms. The summed E-state index contributed by atoms with van der Waals surface area (Å²) in [6.45, 7) is 1.88. The molecule has 94 valence electrons. The molecule has 0 aliphatic carbocycles. The molecule has 0 bridgehead atoms. The van der Waals surface area contributed by atoms with Crippen molar-refractivity contribution in [1.82, 2.24) is 15.0 Å². The molecule has 0 saturated heterocycles. The molecule has 0 fully saturated rings.